The predicted molar refractivity (Wildman–Crippen MR) is 71.0 cm³/mol. The highest BCUT2D eigenvalue weighted by Crippen LogP contribution is 2.21. The lowest BCUT2D eigenvalue weighted by Crippen LogP contribution is -2.36. The number of rotatable bonds is 4. The van der Waals surface area contributed by atoms with Gasteiger partial charge >= 0.3 is 0 Å². The first-order valence-corrected chi connectivity index (χ1v) is 6.44. The molecule has 0 saturated carbocycles. The smallest absolute Gasteiger partial charge is 0.123 e. The molecule has 0 spiro atoms. The molecule has 0 aromatic heterocycles. The van der Waals surface area contributed by atoms with Crippen molar-refractivity contribution in [1.29, 1.82) is 0 Å². The topological polar surface area (TPSA) is 12.5 Å². The van der Waals surface area contributed by atoms with E-state index in [-0.39, 0.29) is 5.82 Å². The van der Waals surface area contributed by atoms with E-state index in [2.05, 4.69) is 11.5 Å². The Morgan fingerprint density at radius 2 is 2.17 bits per heavy atom. The van der Waals surface area contributed by atoms with Crippen LogP contribution in [0.25, 0.3) is 0 Å². The summed E-state index contributed by atoms with van der Waals surface area (Å²) < 4.78 is 18.5. The molecule has 1 unspecified atom stereocenters. The van der Waals surface area contributed by atoms with Crippen LogP contribution >= 0.6 is 0 Å². The average Bonchev–Trinajstić information content (AvgIpc) is 2.38. The Bertz CT molecular complexity index is 401. The molecular weight excluding hydrogens is 229 g/mol. The van der Waals surface area contributed by atoms with Gasteiger partial charge in [-0.3, -0.25) is 0 Å². The van der Waals surface area contributed by atoms with Crippen molar-refractivity contribution in [2.24, 2.45) is 5.92 Å². The highest BCUT2D eigenvalue weighted by atomic mass is 19.1. The normalized spacial score (nSPS) is 19.7. The second kappa shape index (κ2) is 5.89. The van der Waals surface area contributed by atoms with Gasteiger partial charge in [-0.15, -0.1) is 0 Å². The van der Waals surface area contributed by atoms with E-state index in [0.29, 0.717) is 12.5 Å². The van der Waals surface area contributed by atoms with E-state index >= 15 is 0 Å². The number of benzene rings is 1. The van der Waals surface area contributed by atoms with Crippen LogP contribution in [0.1, 0.15) is 19.8 Å². The molecule has 3 heteroatoms. The van der Waals surface area contributed by atoms with E-state index in [0.717, 1.165) is 24.5 Å². The van der Waals surface area contributed by atoms with Gasteiger partial charge in [0, 0.05) is 24.7 Å². The van der Waals surface area contributed by atoms with Crippen LogP contribution in [0.2, 0.25) is 0 Å². The molecule has 1 saturated heterocycles. The quantitative estimate of drug-likeness (QED) is 0.810. The summed E-state index contributed by atoms with van der Waals surface area (Å²) in [7, 11) is 0. The second-order valence-electron chi connectivity index (χ2n) is 4.95. The second-order valence-corrected chi connectivity index (χ2v) is 4.95. The van der Waals surface area contributed by atoms with Crippen molar-refractivity contribution < 1.29 is 9.13 Å². The minimum atomic E-state index is -0.228. The lowest BCUT2D eigenvalue weighted by atomic mass is 9.99. The number of hydrogen-bond donors (Lipinski definition) is 0. The van der Waals surface area contributed by atoms with Gasteiger partial charge in [-0.25, -0.2) is 4.39 Å². The van der Waals surface area contributed by atoms with Crippen LogP contribution < -0.4 is 4.74 Å². The standard InChI is InChI=1S/C15H20FNO/c1-12(2)17-9-3-4-13(10-17)11-18-15-7-5-14(16)6-8-15/h5-8,13H,1,3-4,9-11H2,2H3. The van der Waals surface area contributed by atoms with Crippen molar-refractivity contribution >= 4 is 0 Å². The van der Waals surface area contributed by atoms with Crippen LogP contribution in [0.4, 0.5) is 4.39 Å². The summed E-state index contributed by atoms with van der Waals surface area (Å²) in [6, 6.07) is 6.20. The van der Waals surface area contributed by atoms with E-state index in [9.17, 15) is 4.39 Å². The van der Waals surface area contributed by atoms with Crippen molar-refractivity contribution in [3.8, 4) is 5.75 Å². The van der Waals surface area contributed by atoms with Crippen molar-refractivity contribution in [3.05, 3.63) is 42.4 Å². The van der Waals surface area contributed by atoms with E-state index < -0.39 is 0 Å². The summed E-state index contributed by atoms with van der Waals surface area (Å²) >= 11 is 0. The zero-order valence-electron chi connectivity index (χ0n) is 10.9. The molecule has 18 heavy (non-hydrogen) atoms. The third-order valence-electron chi connectivity index (χ3n) is 3.36. The van der Waals surface area contributed by atoms with Crippen molar-refractivity contribution in [2.75, 3.05) is 19.7 Å². The molecular formula is C15H20FNO. The zero-order valence-corrected chi connectivity index (χ0v) is 10.9. The van der Waals surface area contributed by atoms with Gasteiger partial charge in [0.2, 0.25) is 0 Å². The third-order valence-corrected chi connectivity index (χ3v) is 3.36. The number of likely N-dealkylation sites (tertiary alicyclic amines) is 1. The van der Waals surface area contributed by atoms with Crippen molar-refractivity contribution in [1.82, 2.24) is 4.90 Å². The molecule has 1 aromatic carbocycles. The Balaban J connectivity index is 1.82. The van der Waals surface area contributed by atoms with Crippen LogP contribution in [-0.4, -0.2) is 24.6 Å². The van der Waals surface area contributed by atoms with Gasteiger partial charge in [-0.2, -0.15) is 0 Å². The van der Waals surface area contributed by atoms with E-state index in [1.165, 1.54) is 25.0 Å². The van der Waals surface area contributed by atoms with E-state index in [4.69, 9.17) is 4.74 Å². The molecule has 0 amide bonds. The number of piperidine rings is 1. The lowest BCUT2D eigenvalue weighted by molar-refractivity contribution is 0.155. The SMILES string of the molecule is C=C(C)N1CCCC(COc2ccc(F)cc2)C1. The van der Waals surface area contributed by atoms with Gasteiger partial charge < -0.3 is 9.64 Å². The molecule has 0 N–H and O–H groups in total. The molecule has 1 aliphatic rings. The summed E-state index contributed by atoms with van der Waals surface area (Å²) in [5.74, 6) is 1.04. The molecule has 0 bridgehead atoms. The Labute approximate surface area is 108 Å². The number of ether oxygens (including phenoxy) is 1. The van der Waals surface area contributed by atoms with Gasteiger partial charge in [0.25, 0.3) is 0 Å². The van der Waals surface area contributed by atoms with Crippen LogP contribution in [0.15, 0.2) is 36.5 Å². The lowest BCUT2D eigenvalue weighted by Gasteiger charge is -2.34. The molecule has 1 heterocycles. The highest BCUT2D eigenvalue weighted by molar-refractivity contribution is 5.22. The summed E-state index contributed by atoms with van der Waals surface area (Å²) in [5.41, 5.74) is 1.13. The first kappa shape index (κ1) is 12.9. The molecule has 0 radical (unpaired) electrons. The maximum absolute atomic E-state index is 12.7. The molecule has 0 aliphatic carbocycles. The van der Waals surface area contributed by atoms with Crippen LogP contribution in [0.5, 0.6) is 5.75 Å². The summed E-state index contributed by atoms with van der Waals surface area (Å²) in [4.78, 5) is 2.31. The molecule has 1 fully saturated rings. The Morgan fingerprint density at radius 1 is 1.44 bits per heavy atom. The van der Waals surface area contributed by atoms with Crippen LogP contribution in [0.3, 0.4) is 0 Å². The van der Waals surface area contributed by atoms with Gasteiger partial charge in [0.05, 0.1) is 6.61 Å². The fourth-order valence-corrected chi connectivity index (χ4v) is 2.29. The Kier molecular flexibility index (Phi) is 4.24. The minimum absolute atomic E-state index is 0.228. The fraction of sp³-hybridized carbons (Fsp3) is 0.467. The van der Waals surface area contributed by atoms with Gasteiger partial charge in [-0.05, 0) is 44.0 Å². The fourth-order valence-electron chi connectivity index (χ4n) is 2.29. The Morgan fingerprint density at radius 3 is 2.83 bits per heavy atom. The van der Waals surface area contributed by atoms with Crippen molar-refractivity contribution in [2.45, 2.75) is 19.8 Å². The molecule has 1 aliphatic heterocycles. The van der Waals surface area contributed by atoms with E-state index in [1.54, 1.807) is 12.1 Å². The van der Waals surface area contributed by atoms with Gasteiger partial charge in [0.15, 0.2) is 0 Å². The summed E-state index contributed by atoms with van der Waals surface area (Å²) in [5, 5.41) is 0. The highest BCUT2D eigenvalue weighted by Gasteiger charge is 2.19. The summed E-state index contributed by atoms with van der Waals surface area (Å²) in [6.45, 7) is 8.83. The molecule has 2 rings (SSSR count). The predicted octanol–water partition coefficient (Wildman–Crippen LogP) is 3.45. The third kappa shape index (κ3) is 3.49. The van der Waals surface area contributed by atoms with Crippen molar-refractivity contribution in [3.63, 3.8) is 0 Å². The summed E-state index contributed by atoms with van der Waals surface area (Å²) in [6.07, 6.45) is 2.37. The number of allylic oxidation sites excluding steroid dienone is 1. The zero-order chi connectivity index (χ0) is 13.0. The monoisotopic (exact) mass is 249 g/mol. The molecule has 1 atom stereocenters. The Hall–Kier alpha value is -1.51. The first-order valence-electron chi connectivity index (χ1n) is 6.44. The maximum Gasteiger partial charge on any atom is 0.123 e. The molecule has 2 nitrogen and oxygen atoms in total. The van der Waals surface area contributed by atoms with Crippen LogP contribution in [0, 0.1) is 11.7 Å². The number of halogens is 1. The first-order chi connectivity index (χ1) is 8.65. The average molecular weight is 249 g/mol. The largest absolute Gasteiger partial charge is 0.493 e. The van der Waals surface area contributed by atoms with Crippen LogP contribution in [-0.2, 0) is 0 Å². The molecule has 1 aromatic rings. The minimum Gasteiger partial charge on any atom is -0.493 e. The number of hydrogen-bond acceptors (Lipinski definition) is 2. The number of nitrogens with zero attached hydrogens (tertiary/aromatic N) is 1. The van der Waals surface area contributed by atoms with Gasteiger partial charge in [-0.1, -0.05) is 6.58 Å². The van der Waals surface area contributed by atoms with Gasteiger partial charge in [0.1, 0.15) is 11.6 Å². The van der Waals surface area contributed by atoms with E-state index in [1.807, 2.05) is 6.92 Å². The maximum atomic E-state index is 12.7. The molecule has 98 valence electrons.